The zero-order valence-electron chi connectivity index (χ0n) is 9.38. The van der Waals surface area contributed by atoms with Gasteiger partial charge in [0, 0.05) is 10.7 Å². The third kappa shape index (κ3) is 1.89. The van der Waals surface area contributed by atoms with E-state index in [-0.39, 0.29) is 5.95 Å². The SMILES string of the molecule is OC1=CN(c2ccc(Cl)cc2)c2ccccc2O1. The van der Waals surface area contributed by atoms with Crippen molar-refractivity contribution in [2.75, 3.05) is 4.90 Å². The number of para-hydroxylation sites is 2. The summed E-state index contributed by atoms with van der Waals surface area (Å²) in [6, 6.07) is 14.9. The summed E-state index contributed by atoms with van der Waals surface area (Å²) >= 11 is 5.87. The predicted octanol–water partition coefficient (Wildman–Crippen LogP) is 4.23. The van der Waals surface area contributed by atoms with E-state index < -0.39 is 0 Å². The second-order valence-electron chi connectivity index (χ2n) is 3.88. The number of nitrogens with zero attached hydrogens (tertiary/aromatic N) is 1. The minimum atomic E-state index is -0.136. The first-order valence-electron chi connectivity index (χ1n) is 5.46. The molecule has 0 spiro atoms. The first-order chi connectivity index (χ1) is 8.74. The van der Waals surface area contributed by atoms with Crippen LogP contribution in [-0.2, 0) is 0 Å². The molecule has 0 amide bonds. The lowest BCUT2D eigenvalue weighted by Gasteiger charge is -2.26. The number of rotatable bonds is 1. The Bertz CT molecular complexity index is 607. The molecule has 0 unspecified atom stereocenters. The lowest BCUT2D eigenvalue weighted by molar-refractivity contribution is 0.204. The molecule has 0 aliphatic carbocycles. The Hall–Kier alpha value is -2.13. The van der Waals surface area contributed by atoms with Crippen molar-refractivity contribution in [2.24, 2.45) is 0 Å². The molecule has 4 heteroatoms. The van der Waals surface area contributed by atoms with Crippen LogP contribution in [0.4, 0.5) is 11.4 Å². The van der Waals surface area contributed by atoms with Gasteiger partial charge in [-0.15, -0.1) is 0 Å². The third-order valence-corrected chi connectivity index (χ3v) is 2.94. The standard InChI is InChI=1S/C14H10ClNO2/c15-10-5-7-11(8-6-10)16-9-14(17)18-13-4-2-1-3-12(13)16/h1-9,17H. The molecule has 0 radical (unpaired) electrons. The minimum absolute atomic E-state index is 0.136. The van der Waals surface area contributed by atoms with Gasteiger partial charge in [-0.1, -0.05) is 23.7 Å². The topological polar surface area (TPSA) is 32.7 Å². The van der Waals surface area contributed by atoms with E-state index >= 15 is 0 Å². The van der Waals surface area contributed by atoms with Gasteiger partial charge in [-0.05, 0) is 36.4 Å². The van der Waals surface area contributed by atoms with Gasteiger partial charge in [0.15, 0.2) is 5.75 Å². The Morgan fingerprint density at radius 2 is 1.72 bits per heavy atom. The quantitative estimate of drug-likeness (QED) is 0.832. The average Bonchev–Trinajstić information content (AvgIpc) is 2.38. The van der Waals surface area contributed by atoms with Gasteiger partial charge in [0.2, 0.25) is 0 Å². The van der Waals surface area contributed by atoms with E-state index in [2.05, 4.69) is 0 Å². The van der Waals surface area contributed by atoms with Crippen LogP contribution in [0.2, 0.25) is 5.02 Å². The van der Waals surface area contributed by atoms with Gasteiger partial charge in [0.25, 0.3) is 5.95 Å². The van der Waals surface area contributed by atoms with Gasteiger partial charge >= 0.3 is 0 Å². The molecule has 0 saturated heterocycles. The average molecular weight is 260 g/mol. The summed E-state index contributed by atoms with van der Waals surface area (Å²) in [4.78, 5) is 1.85. The molecule has 18 heavy (non-hydrogen) atoms. The zero-order chi connectivity index (χ0) is 12.5. The molecule has 0 aromatic heterocycles. The van der Waals surface area contributed by atoms with Gasteiger partial charge in [0.05, 0.1) is 11.9 Å². The molecule has 0 bridgehead atoms. The number of hydrogen-bond donors (Lipinski definition) is 1. The predicted molar refractivity (Wildman–Crippen MR) is 71.4 cm³/mol. The fourth-order valence-corrected chi connectivity index (χ4v) is 2.00. The van der Waals surface area contributed by atoms with Crippen LogP contribution in [0.15, 0.2) is 60.7 Å². The summed E-state index contributed by atoms with van der Waals surface area (Å²) in [7, 11) is 0. The van der Waals surface area contributed by atoms with Crippen molar-refractivity contribution < 1.29 is 9.84 Å². The fourth-order valence-electron chi connectivity index (χ4n) is 1.88. The summed E-state index contributed by atoms with van der Waals surface area (Å²) in [5, 5.41) is 10.3. The van der Waals surface area contributed by atoms with Crippen molar-refractivity contribution in [1.82, 2.24) is 0 Å². The number of aliphatic hydroxyl groups excluding tert-OH is 1. The first-order valence-corrected chi connectivity index (χ1v) is 5.84. The molecule has 2 aromatic carbocycles. The van der Waals surface area contributed by atoms with Crippen LogP contribution in [0.3, 0.4) is 0 Å². The fraction of sp³-hybridized carbons (Fsp3) is 0. The molecule has 3 nitrogen and oxygen atoms in total. The molecule has 1 heterocycles. The van der Waals surface area contributed by atoms with Crippen LogP contribution in [0, 0.1) is 0 Å². The highest BCUT2D eigenvalue weighted by atomic mass is 35.5. The van der Waals surface area contributed by atoms with Gasteiger partial charge in [-0.25, -0.2) is 0 Å². The second kappa shape index (κ2) is 4.27. The largest absolute Gasteiger partial charge is 0.480 e. The Kier molecular flexibility index (Phi) is 2.61. The molecule has 0 saturated carbocycles. The van der Waals surface area contributed by atoms with Crippen LogP contribution in [-0.4, -0.2) is 5.11 Å². The Morgan fingerprint density at radius 3 is 2.50 bits per heavy atom. The van der Waals surface area contributed by atoms with Crippen molar-refractivity contribution in [2.45, 2.75) is 0 Å². The third-order valence-electron chi connectivity index (χ3n) is 2.68. The molecule has 1 aliphatic heterocycles. The van der Waals surface area contributed by atoms with E-state index in [4.69, 9.17) is 16.3 Å². The van der Waals surface area contributed by atoms with Crippen LogP contribution >= 0.6 is 11.6 Å². The van der Waals surface area contributed by atoms with Gasteiger partial charge in [-0.2, -0.15) is 0 Å². The van der Waals surface area contributed by atoms with E-state index in [9.17, 15) is 5.11 Å². The molecule has 2 aromatic rings. The van der Waals surface area contributed by atoms with E-state index in [0.29, 0.717) is 10.8 Å². The van der Waals surface area contributed by atoms with Crippen molar-refractivity contribution in [3.8, 4) is 5.75 Å². The van der Waals surface area contributed by atoms with Crippen molar-refractivity contribution in [3.05, 3.63) is 65.7 Å². The highest BCUT2D eigenvalue weighted by molar-refractivity contribution is 6.30. The molecule has 0 atom stereocenters. The minimum Gasteiger partial charge on any atom is -0.480 e. The smallest absolute Gasteiger partial charge is 0.299 e. The van der Waals surface area contributed by atoms with E-state index in [1.165, 1.54) is 6.20 Å². The molecule has 1 aliphatic rings. The normalized spacial score (nSPS) is 13.6. The van der Waals surface area contributed by atoms with Crippen LogP contribution in [0.1, 0.15) is 0 Å². The van der Waals surface area contributed by atoms with Crippen LogP contribution in [0.25, 0.3) is 0 Å². The summed E-state index contributed by atoms with van der Waals surface area (Å²) < 4.78 is 5.26. The van der Waals surface area contributed by atoms with Gasteiger partial charge < -0.3 is 14.7 Å². The molecular weight excluding hydrogens is 250 g/mol. The summed E-state index contributed by atoms with van der Waals surface area (Å²) in [6.45, 7) is 0. The Morgan fingerprint density at radius 1 is 1.00 bits per heavy atom. The van der Waals surface area contributed by atoms with E-state index in [1.807, 2.05) is 41.3 Å². The summed E-state index contributed by atoms with van der Waals surface area (Å²) in [5.74, 6) is 0.483. The summed E-state index contributed by atoms with van der Waals surface area (Å²) in [5.41, 5.74) is 1.78. The number of hydrogen-bond acceptors (Lipinski definition) is 3. The highest BCUT2D eigenvalue weighted by Crippen LogP contribution is 2.38. The number of halogens is 1. The summed E-state index contributed by atoms with van der Waals surface area (Å²) in [6.07, 6.45) is 1.53. The van der Waals surface area contributed by atoms with Gasteiger partial charge in [-0.3, -0.25) is 0 Å². The van der Waals surface area contributed by atoms with Crippen LogP contribution in [0.5, 0.6) is 5.75 Å². The molecule has 1 N–H and O–H groups in total. The number of benzene rings is 2. The van der Waals surface area contributed by atoms with Crippen LogP contribution < -0.4 is 9.64 Å². The van der Waals surface area contributed by atoms with Gasteiger partial charge in [0.1, 0.15) is 0 Å². The van der Waals surface area contributed by atoms with Crippen molar-refractivity contribution >= 4 is 23.0 Å². The number of fused-ring (bicyclic) bond motifs is 1. The number of ether oxygens (including phenoxy) is 1. The lowest BCUT2D eigenvalue weighted by atomic mass is 10.2. The molecule has 3 rings (SSSR count). The molecule has 90 valence electrons. The van der Waals surface area contributed by atoms with Crippen molar-refractivity contribution in [3.63, 3.8) is 0 Å². The highest BCUT2D eigenvalue weighted by Gasteiger charge is 2.19. The number of aliphatic hydroxyl groups is 1. The van der Waals surface area contributed by atoms with E-state index in [0.717, 1.165) is 11.4 Å². The maximum atomic E-state index is 9.61. The lowest BCUT2D eigenvalue weighted by Crippen LogP contribution is -2.17. The molecular formula is C14H10ClNO2. The zero-order valence-corrected chi connectivity index (χ0v) is 10.1. The Labute approximate surface area is 109 Å². The molecule has 0 fully saturated rings. The maximum absolute atomic E-state index is 9.61. The number of anilines is 2. The first kappa shape index (κ1) is 11.0. The van der Waals surface area contributed by atoms with Crippen molar-refractivity contribution in [1.29, 1.82) is 0 Å². The monoisotopic (exact) mass is 259 g/mol. The van der Waals surface area contributed by atoms with E-state index in [1.54, 1.807) is 12.1 Å². The Balaban J connectivity index is 2.10. The second-order valence-corrected chi connectivity index (χ2v) is 4.32. The maximum Gasteiger partial charge on any atom is 0.299 e.